The second-order valence-corrected chi connectivity index (χ2v) is 4.28. The molecule has 3 heteroatoms. The topological polar surface area (TPSA) is 34.1 Å². The first-order valence-corrected chi connectivity index (χ1v) is 5.84. The number of nitrogens with zero attached hydrogens (tertiary/aromatic N) is 1. The summed E-state index contributed by atoms with van der Waals surface area (Å²) in [5.41, 5.74) is 1.10. The second-order valence-electron chi connectivity index (χ2n) is 4.28. The molecule has 0 spiro atoms. The van der Waals surface area contributed by atoms with Gasteiger partial charge in [-0.2, -0.15) is 0 Å². The van der Waals surface area contributed by atoms with Crippen LogP contribution in [0.3, 0.4) is 0 Å². The zero-order valence-electron chi connectivity index (χ0n) is 10.5. The first-order valence-electron chi connectivity index (χ1n) is 5.84. The molecule has 0 amide bonds. The number of pyridine rings is 1. The Kier molecular flexibility index (Phi) is 3.59. The highest BCUT2D eigenvalue weighted by atomic mass is 16.5. The Morgan fingerprint density at radius 1 is 1.24 bits per heavy atom. The molecule has 0 fully saturated rings. The fourth-order valence-corrected chi connectivity index (χ4v) is 1.81. The number of aromatic nitrogens is 1. The van der Waals surface area contributed by atoms with Crippen LogP contribution in [-0.2, 0) is 4.74 Å². The van der Waals surface area contributed by atoms with Gasteiger partial charge in [0, 0.05) is 36.6 Å². The SMILES string of the molecule is COC(C)C(C)Nc1cccc2ccncc12. The number of nitrogens with one attached hydrogen (secondary N) is 1. The van der Waals surface area contributed by atoms with Crippen molar-refractivity contribution in [2.45, 2.75) is 26.0 Å². The average Bonchev–Trinajstić information content (AvgIpc) is 2.38. The standard InChI is InChI=1S/C14H18N2O/c1-10(11(2)17-3)16-14-6-4-5-12-7-8-15-9-13(12)14/h4-11,16H,1-3H3. The largest absolute Gasteiger partial charge is 0.380 e. The third-order valence-electron chi connectivity index (χ3n) is 3.14. The van der Waals surface area contributed by atoms with E-state index in [1.807, 2.05) is 18.5 Å². The van der Waals surface area contributed by atoms with Gasteiger partial charge in [0.25, 0.3) is 0 Å². The summed E-state index contributed by atoms with van der Waals surface area (Å²) in [5.74, 6) is 0. The third-order valence-corrected chi connectivity index (χ3v) is 3.14. The normalized spacial score (nSPS) is 14.5. The maximum Gasteiger partial charge on any atom is 0.0741 e. The van der Waals surface area contributed by atoms with E-state index >= 15 is 0 Å². The van der Waals surface area contributed by atoms with Gasteiger partial charge in [0.05, 0.1) is 6.10 Å². The summed E-state index contributed by atoms with van der Waals surface area (Å²) in [4.78, 5) is 4.17. The number of anilines is 1. The lowest BCUT2D eigenvalue weighted by atomic mass is 10.1. The predicted molar refractivity (Wildman–Crippen MR) is 71.3 cm³/mol. The van der Waals surface area contributed by atoms with Gasteiger partial charge in [-0.15, -0.1) is 0 Å². The van der Waals surface area contributed by atoms with Crippen LogP contribution in [0.25, 0.3) is 10.8 Å². The molecule has 0 radical (unpaired) electrons. The Balaban J connectivity index is 2.30. The van der Waals surface area contributed by atoms with E-state index in [4.69, 9.17) is 4.74 Å². The quantitative estimate of drug-likeness (QED) is 0.876. The maximum absolute atomic E-state index is 5.32. The van der Waals surface area contributed by atoms with Crippen LogP contribution in [0.4, 0.5) is 5.69 Å². The number of fused-ring (bicyclic) bond motifs is 1. The minimum Gasteiger partial charge on any atom is -0.380 e. The van der Waals surface area contributed by atoms with Crippen molar-refractivity contribution in [2.24, 2.45) is 0 Å². The Morgan fingerprint density at radius 2 is 2.06 bits per heavy atom. The van der Waals surface area contributed by atoms with Gasteiger partial charge in [-0.25, -0.2) is 0 Å². The zero-order valence-corrected chi connectivity index (χ0v) is 10.5. The number of rotatable bonds is 4. The third kappa shape index (κ3) is 2.56. The van der Waals surface area contributed by atoms with Gasteiger partial charge in [0.15, 0.2) is 0 Å². The highest BCUT2D eigenvalue weighted by molar-refractivity contribution is 5.93. The van der Waals surface area contributed by atoms with Gasteiger partial charge in [-0.3, -0.25) is 4.98 Å². The molecule has 2 unspecified atom stereocenters. The summed E-state index contributed by atoms with van der Waals surface area (Å²) in [6.07, 6.45) is 3.87. The molecule has 1 aromatic heterocycles. The van der Waals surface area contributed by atoms with Crippen LogP contribution in [0.2, 0.25) is 0 Å². The van der Waals surface area contributed by atoms with Crippen molar-refractivity contribution in [3.8, 4) is 0 Å². The molecule has 2 atom stereocenters. The van der Waals surface area contributed by atoms with E-state index in [1.165, 1.54) is 5.39 Å². The van der Waals surface area contributed by atoms with Crippen LogP contribution in [0.5, 0.6) is 0 Å². The zero-order chi connectivity index (χ0) is 12.3. The summed E-state index contributed by atoms with van der Waals surface area (Å²) < 4.78 is 5.32. The fourth-order valence-electron chi connectivity index (χ4n) is 1.81. The Hall–Kier alpha value is -1.61. The lowest BCUT2D eigenvalue weighted by Gasteiger charge is -2.21. The van der Waals surface area contributed by atoms with E-state index < -0.39 is 0 Å². The summed E-state index contributed by atoms with van der Waals surface area (Å²) in [6, 6.07) is 8.49. The smallest absolute Gasteiger partial charge is 0.0741 e. The number of benzene rings is 1. The van der Waals surface area contributed by atoms with Crippen molar-refractivity contribution in [2.75, 3.05) is 12.4 Å². The van der Waals surface area contributed by atoms with Crippen LogP contribution in [-0.4, -0.2) is 24.2 Å². The number of ether oxygens (including phenoxy) is 1. The van der Waals surface area contributed by atoms with E-state index in [0.29, 0.717) is 0 Å². The second kappa shape index (κ2) is 5.15. The summed E-state index contributed by atoms with van der Waals surface area (Å²) >= 11 is 0. The highest BCUT2D eigenvalue weighted by Gasteiger charge is 2.11. The first kappa shape index (κ1) is 11.9. The molecule has 1 N–H and O–H groups in total. The van der Waals surface area contributed by atoms with Crippen LogP contribution in [0.15, 0.2) is 36.7 Å². The molecule has 2 rings (SSSR count). The molecule has 0 aliphatic rings. The lowest BCUT2D eigenvalue weighted by molar-refractivity contribution is 0.106. The monoisotopic (exact) mass is 230 g/mol. The summed E-state index contributed by atoms with van der Waals surface area (Å²) in [7, 11) is 1.73. The van der Waals surface area contributed by atoms with Crippen molar-refractivity contribution in [3.63, 3.8) is 0 Å². The van der Waals surface area contributed by atoms with E-state index in [1.54, 1.807) is 7.11 Å². The molecule has 90 valence electrons. The van der Waals surface area contributed by atoms with Crippen LogP contribution < -0.4 is 5.32 Å². The van der Waals surface area contributed by atoms with E-state index in [9.17, 15) is 0 Å². The fraction of sp³-hybridized carbons (Fsp3) is 0.357. The van der Waals surface area contributed by atoms with Gasteiger partial charge in [0.1, 0.15) is 0 Å². The number of hydrogen-bond acceptors (Lipinski definition) is 3. The minimum absolute atomic E-state index is 0.168. The molecule has 0 bridgehead atoms. The van der Waals surface area contributed by atoms with Crippen LogP contribution >= 0.6 is 0 Å². The van der Waals surface area contributed by atoms with E-state index in [-0.39, 0.29) is 12.1 Å². The molecule has 0 saturated heterocycles. The Morgan fingerprint density at radius 3 is 2.82 bits per heavy atom. The van der Waals surface area contributed by atoms with Crippen molar-refractivity contribution in [1.29, 1.82) is 0 Å². The molecule has 0 saturated carbocycles. The number of methoxy groups -OCH3 is 1. The molecule has 0 aliphatic carbocycles. The maximum atomic E-state index is 5.32. The van der Waals surface area contributed by atoms with Crippen molar-refractivity contribution < 1.29 is 4.74 Å². The Labute approximate surface area is 102 Å². The van der Waals surface area contributed by atoms with Crippen molar-refractivity contribution >= 4 is 16.5 Å². The van der Waals surface area contributed by atoms with Gasteiger partial charge < -0.3 is 10.1 Å². The van der Waals surface area contributed by atoms with Crippen molar-refractivity contribution in [1.82, 2.24) is 4.98 Å². The van der Waals surface area contributed by atoms with Crippen molar-refractivity contribution in [3.05, 3.63) is 36.7 Å². The molecule has 3 nitrogen and oxygen atoms in total. The molecule has 0 aliphatic heterocycles. The first-order chi connectivity index (χ1) is 8.22. The van der Waals surface area contributed by atoms with E-state index in [0.717, 1.165) is 11.1 Å². The minimum atomic E-state index is 0.168. The van der Waals surface area contributed by atoms with E-state index in [2.05, 4.69) is 42.3 Å². The van der Waals surface area contributed by atoms with Gasteiger partial charge in [0.2, 0.25) is 0 Å². The average molecular weight is 230 g/mol. The summed E-state index contributed by atoms with van der Waals surface area (Å²) in [6.45, 7) is 4.17. The molecule has 2 aromatic rings. The number of hydrogen-bond donors (Lipinski definition) is 1. The van der Waals surface area contributed by atoms with Gasteiger partial charge in [-0.1, -0.05) is 12.1 Å². The highest BCUT2D eigenvalue weighted by Crippen LogP contribution is 2.23. The molecular formula is C14H18N2O. The molecule has 17 heavy (non-hydrogen) atoms. The Bertz CT molecular complexity index is 493. The summed E-state index contributed by atoms with van der Waals surface area (Å²) in [5, 5.41) is 5.81. The van der Waals surface area contributed by atoms with Crippen LogP contribution in [0, 0.1) is 0 Å². The molecular weight excluding hydrogens is 212 g/mol. The van der Waals surface area contributed by atoms with Gasteiger partial charge >= 0.3 is 0 Å². The molecule has 1 aromatic carbocycles. The van der Waals surface area contributed by atoms with Gasteiger partial charge in [-0.05, 0) is 31.4 Å². The molecule has 1 heterocycles. The lowest BCUT2D eigenvalue weighted by Crippen LogP contribution is -2.29. The van der Waals surface area contributed by atoms with Crippen LogP contribution in [0.1, 0.15) is 13.8 Å². The predicted octanol–water partition coefficient (Wildman–Crippen LogP) is 3.07.